The molecule has 4 nitrogen and oxygen atoms in total. The molecule has 1 amide bonds. The highest BCUT2D eigenvalue weighted by molar-refractivity contribution is 6.33. The number of halogens is 1. The van der Waals surface area contributed by atoms with Crippen molar-refractivity contribution in [2.45, 2.75) is 18.9 Å². The number of nitrogens with zero attached hydrogens (tertiary/aromatic N) is 1. The number of amides is 1. The predicted molar refractivity (Wildman–Crippen MR) is 66.2 cm³/mol. The lowest BCUT2D eigenvalue weighted by molar-refractivity contribution is 0.0708. The van der Waals surface area contributed by atoms with E-state index in [0.717, 1.165) is 12.8 Å². The van der Waals surface area contributed by atoms with Gasteiger partial charge in [-0.3, -0.25) is 4.79 Å². The van der Waals surface area contributed by atoms with Crippen LogP contribution in [0.1, 0.15) is 23.2 Å². The Hall–Kier alpha value is -1.26. The van der Waals surface area contributed by atoms with Crippen LogP contribution in [0.3, 0.4) is 0 Å². The highest BCUT2D eigenvalue weighted by Gasteiger charge is 2.23. The fourth-order valence-corrected chi connectivity index (χ4v) is 2.24. The maximum absolute atomic E-state index is 12.2. The van der Waals surface area contributed by atoms with Gasteiger partial charge in [0, 0.05) is 19.1 Å². The van der Waals surface area contributed by atoms with Gasteiger partial charge in [0.2, 0.25) is 0 Å². The minimum atomic E-state index is -0.166. The lowest BCUT2D eigenvalue weighted by Crippen LogP contribution is -2.45. The van der Waals surface area contributed by atoms with Crippen molar-refractivity contribution >= 4 is 17.5 Å². The van der Waals surface area contributed by atoms with E-state index in [1.165, 1.54) is 18.2 Å². The van der Waals surface area contributed by atoms with Gasteiger partial charge in [-0.2, -0.15) is 0 Å². The molecule has 2 rings (SSSR count). The smallest absolute Gasteiger partial charge is 0.255 e. The molecule has 1 aromatic carbocycles. The molecule has 1 atom stereocenters. The summed E-state index contributed by atoms with van der Waals surface area (Å²) in [5.74, 6) is -0.125. The largest absolute Gasteiger partial charge is 0.508 e. The summed E-state index contributed by atoms with van der Waals surface area (Å²) in [7, 11) is 0. The number of aromatic hydroxyl groups is 1. The first-order valence-electron chi connectivity index (χ1n) is 5.61. The molecule has 1 heterocycles. The quantitative estimate of drug-likeness (QED) is 0.800. The fourth-order valence-electron chi connectivity index (χ4n) is 2.04. The summed E-state index contributed by atoms with van der Waals surface area (Å²) in [6.45, 7) is 1.24. The Labute approximate surface area is 105 Å². The van der Waals surface area contributed by atoms with Crippen molar-refractivity contribution in [3.05, 3.63) is 28.8 Å². The van der Waals surface area contributed by atoms with Gasteiger partial charge >= 0.3 is 0 Å². The number of rotatable bonds is 1. The van der Waals surface area contributed by atoms with Crippen molar-refractivity contribution in [3.8, 4) is 5.75 Å². The van der Waals surface area contributed by atoms with Gasteiger partial charge in [0.15, 0.2) is 0 Å². The van der Waals surface area contributed by atoms with E-state index in [2.05, 4.69) is 0 Å². The van der Waals surface area contributed by atoms with E-state index in [0.29, 0.717) is 23.7 Å². The molecule has 1 fully saturated rings. The molecule has 1 aliphatic rings. The van der Waals surface area contributed by atoms with Crippen LogP contribution in [0.2, 0.25) is 5.02 Å². The first-order chi connectivity index (χ1) is 8.08. The number of phenolic OH excluding ortho intramolecular Hbond substituents is 1. The van der Waals surface area contributed by atoms with Crippen LogP contribution in [0.5, 0.6) is 5.75 Å². The minimum Gasteiger partial charge on any atom is -0.508 e. The third-order valence-electron chi connectivity index (χ3n) is 2.93. The normalized spacial score (nSPS) is 20.4. The van der Waals surface area contributed by atoms with Crippen LogP contribution < -0.4 is 5.73 Å². The van der Waals surface area contributed by atoms with Crippen LogP contribution in [-0.4, -0.2) is 35.0 Å². The zero-order valence-corrected chi connectivity index (χ0v) is 10.2. The molecule has 3 N–H and O–H groups in total. The Kier molecular flexibility index (Phi) is 3.54. The number of benzene rings is 1. The number of likely N-dealkylation sites (tertiary alicyclic amines) is 1. The van der Waals surface area contributed by atoms with E-state index < -0.39 is 0 Å². The number of nitrogens with two attached hydrogens (primary N) is 1. The summed E-state index contributed by atoms with van der Waals surface area (Å²) in [6, 6.07) is 4.41. The second kappa shape index (κ2) is 4.94. The van der Waals surface area contributed by atoms with Crippen molar-refractivity contribution < 1.29 is 9.90 Å². The van der Waals surface area contributed by atoms with Gasteiger partial charge < -0.3 is 15.7 Å². The summed E-state index contributed by atoms with van der Waals surface area (Å²) in [4.78, 5) is 13.9. The maximum atomic E-state index is 12.2. The molecule has 0 aliphatic carbocycles. The number of carbonyl (C=O) groups is 1. The van der Waals surface area contributed by atoms with Crippen LogP contribution in [0.25, 0.3) is 0 Å². The Bertz CT molecular complexity index is 437. The number of piperidine rings is 1. The molecule has 0 radical (unpaired) electrons. The number of phenols is 1. The number of carbonyl (C=O) groups excluding carboxylic acids is 1. The fraction of sp³-hybridized carbons (Fsp3) is 0.417. The Morgan fingerprint density at radius 1 is 1.53 bits per heavy atom. The van der Waals surface area contributed by atoms with Gasteiger partial charge in [-0.05, 0) is 31.0 Å². The van der Waals surface area contributed by atoms with Crippen LogP contribution in [-0.2, 0) is 0 Å². The molecule has 0 bridgehead atoms. The molecule has 0 aromatic heterocycles. The molecule has 17 heavy (non-hydrogen) atoms. The SMILES string of the molecule is NC1CCCN(C(=O)c2cc(O)ccc2Cl)C1. The predicted octanol–water partition coefficient (Wildman–Crippen LogP) is 1.61. The van der Waals surface area contributed by atoms with Gasteiger partial charge in [-0.25, -0.2) is 0 Å². The van der Waals surface area contributed by atoms with E-state index in [1.54, 1.807) is 4.90 Å². The molecule has 1 unspecified atom stereocenters. The van der Waals surface area contributed by atoms with E-state index in [4.69, 9.17) is 17.3 Å². The number of hydrogen-bond acceptors (Lipinski definition) is 3. The van der Waals surface area contributed by atoms with Crippen molar-refractivity contribution in [1.29, 1.82) is 0 Å². The molecule has 1 aromatic rings. The summed E-state index contributed by atoms with van der Waals surface area (Å²) in [6.07, 6.45) is 1.85. The summed E-state index contributed by atoms with van der Waals surface area (Å²) < 4.78 is 0. The molecule has 0 spiro atoms. The first-order valence-corrected chi connectivity index (χ1v) is 5.99. The Balaban J connectivity index is 2.21. The van der Waals surface area contributed by atoms with Gasteiger partial charge in [-0.1, -0.05) is 11.6 Å². The standard InChI is InChI=1S/C12H15ClN2O2/c13-11-4-3-9(16)6-10(11)12(17)15-5-1-2-8(14)7-15/h3-4,6,8,16H,1-2,5,7,14H2. The zero-order valence-electron chi connectivity index (χ0n) is 9.40. The van der Waals surface area contributed by atoms with Crippen molar-refractivity contribution in [2.75, 3.05) is 13.1 Å². The minimum absolute atomic E-state index is 0.0313. The summed E-state index contributed by atoms with van der Waals surface area (Å²) >= 11 is 5.96. The van der Waals surface area contributed by atoms with E-state index in [9.17, 15) is 9.90 Å². The Morgan fingerprint density at radius 3 is 3.00 bits per heavy atom. The molecule has 92 valence electrons. The van der Waals surface area contributed by atoms with Crippen LogP contribution in [0.4, 0.5) is 0 Å². The van der Waals surface area contributed by atoms with Gasteiger partial charge in [0.05, 0.1) is 10.6 Å². The van der Waals surface area contributed by atoms with Crippen molar-refractivity contribution in [2.24, 2.45) is 5.73 Å². The molecule has 5 heteroatoms. The van der Waals surface area contributed by atoms with E-state index >= 15 is 0 Å². The molecule has 0 saturated carbocycles. The second-order valence-electron chi connectivity index (χ2n) is 4.32. The average molecular weight is 255 g/mol. The third-order valence-corrected chi connectivity index (χ3v) is 3.25. The molecule has 1 aliphatic heterocycles. The summed E-state index contributed by atoms with van der Waals surface area (Å²) in [5.41, 5.74) is 6.17. The topological polar surface area (TPSA) is 66.6 Å². The van der Waals surface area contributed by atoms with Gasteiger partial charge in [0.25, 0.3) is 5.91 Å². The zero-order chi connectivity index (χ0) is 12.4. The first kappa shape index (κ1) is 12.2. The maximum Gasteiger partial charge on any atom is 0.255 e. The van der Waals surface area contributed by atoms with Crippen LogP contribution in [0, 0.1) is 0 Å². The second-order valence-corrected chi connectivity index (χ2v) is 4.72. The summed E-state index contributed by atoms with van der Waals surface area (Å²) in [5, 5.41) is 9.74. The highest BCUT2D eigenvalue weighted by atomic mass is 35.5. The third kappa shape index (κ3) is 2.70. The van der Waals surface area contributed by atoms with E-state index in [1.807, 2.05) is 0 Å². The van der Waals surface area contributed by atoms with Gasteiger partial charge in [-0.15, -0.1) is 0 Å². The van der Waals surface area contributed by atoms with Crippen molar-refractivity contribution in [1.82, 2.24) is 4.90 Å². The van der Waals surface area contributed by atoms with Crippen LogP contribution in [0.15, 0.2) is 18.2 Å². The van der Waals surface area contributed by atoms with Crippen molar-refractivity contribution in [3.63, 3.8) is 0 Å². The highest BCUT2D eigenvalue weighted by Crippen LogP contribution is 2.23. The van der Waals surface area contributed by atoms with E-state index in [-0.39, 0.29) is 17.7 Å². The monoisotopic (exact) mass is 254 g/mol. The Morgan fingerprint density at radius 2 is 2.29 bits per heavy atom. The average Bonchev–Trinajstić information content (AvgIpc) is 2.31. The number of hydrogen-bond donors (Lipinski definition) is 2. The molecular weight excluding hydrogens is 240 g/mol. The lowest BCUT2D eigenvalue weighted by atomic mass is 10.1. The molecular formula is C12H15ClN2O2. The van der Waals surface area contributed by atoms with Gasteiger partial charge in [0.1, 0.15) is 5.75 Å². The molecule has 1 saturated heterocycles. The van der Waals surface area contributed by atoms with Crippen LogP contribution >= 0.6 is 11.6 Å². The lowest BCUT2D eigenvalue weighted by Gasteiger charge is -2.31.